The molecule has 0 unspecified atom stereocenters. The lowest BCUT2D eigenvalue weighted by Gasteiger charge is -2.31. The summed E-state index contributed by atoms with van der Waals surface area (Å²) >= 11 is 0. The second-order valence-corrected chi connectivity index (χ2v) is 7.89. The Bertz CT molecular complexity index is 830. The maximum absolute atomic E-state index is 2.39. The summed E-state index contributed by atoms with van der Waals surface area (Å²) in [7, 11) is 0. The molecular weight excluding hydrogens is 264 g/mol. The molecule has 0 atom stereocenters. The first kappa shape index (κ1) is 15.3. The Labute approximate surface area is 135 Å². The highest BCUT2D eigenvalue weighted by atomic mass is 14.3. The van der Waals surface area contributed by atoms with Gasteiger partial charge in [-0.15, -0.1) is 0 Å². The molecule has 0 saturated carbocycles. The van der Waals surface area contributed by atoms with Gasteiger partial charge in [-0.25, -0.2) is 0 Å². The monoisotopic (exact) mass is 292 g/mol. The van der Waals surface area contributed by atoms with Crippen LogP contribution in [-0.2, 0) is 6.42 Å². The van der Waals surface area contributed by atoms with Crippen LogP contribution in [0.1, 0.15) is 58.4 Å². The zero-order valence-corrected chi connectivity index (χ0v) is 15.4. The van der Waals surface area contributed by atoms with Crippen LogP contribution in [0.15, 0.2) is 6.08 Å². The van der Waals surface area contributed by atoms with Crippen molar-refractivity contribution in [1.29, 1.82) is 0 Å². The Morgan fingerprint density at radius 2 is 1.18 bits per heavy atom. The zero-order valence-electron chi connectivity index (χ0n) is 15.4. The number of fused-ring (bicyclic) bond motifs is 3. The zero-order chi connectivity index (χ0) is 16.4. The third-order valence-corrected chi connectivity index (χ3v) is 5.99. The van der Waals surface area contributed by atoms with Crippen molar-refractivity contribution in [1.82, 2.24) is 0 Å². The van der Waals surface area contributed by atoms with Crippen LogP contribution in [0.2, 0.25) is 0 Å². The minimum absolute atomic E-state index is 0.251. The van der Waals surface area contributed by atoms with E-state index in [-0.39, 0.29) is 5.41 Å². The summed E-state index contributed by atoms with van der Waals surface area (Å²) < 4.78 is 0. The van der Waals surface area contributed by atoms with Gasteiger partial charge in [0.15, 0.2) is 0 Å². The van der Waals surface area contributed by atoms with Crippen molar-refractivity contribution in [2.24, 2.45) is 5.41 Å². The summed E-state index contributed by atoms with van der Waals surface area (Å²) in [5.74, 6) is 0. The molecule has 2 aromatic rings. The van der Waals surface area contributed by atoms with E-state index in [2.05, 4.69) is 67.5 Å². The minimum Gasteiger partial charge on any atom is -0.0779 e. The Morgan fingerprint density at radius 3 is 1.77 bits per heavy atom. The van der Waals surface area contributed by atoms with Crippen LogP contribution in [-0.4, -0.2) is 0 Å². The van der Waals surface area contributed by atoms with Crippen molar-refractivity contribution >= 4 is 16.8 Å². The van der Waals surface area contributed by atoms with Crippen LogP contribution in [0.3, 0.4) is 0 Å². The summed E-state index contributed by atoms with van der Waals surface area (Å²) in [6, 6.07) is 0. The van der Waals surface area contributed by atoms with Crippen LogP contribution >= 0.6 is 0 Å². The van der Waals surface area contributed by atoms with Crippen LogP contribution in [0, 0.1) is 47.0 Å². The topological polar surface area (TPSA) is 0 Å². The lowest BCUT2D eigenvalue weighted by molar-refractivity contribution is 0.476. The minimum atomic E-state index is 0.251. The van der Waals surface area contributed by atoms with Crippen molar-refractivity contribution in [2.75, 3.05) is 0 Å². The lowest BCUT2D eigenvalue weighted by Crippen LogP contribution is -2.18. The molecule has 0 heterocycles. The highest BCUT2D eigenvalue weighted by molar-refractivity contribution is 5.99. The van der Waals surface area contributed by atoms with Crippen LogP contribution < -0.4 is 0 Å². The summed E-state index contributed by atoms with van der Waals surface area (Å²) in [6.07, 6.45) is 5.89. The Hall–Kier alpha value is -1.56. The number of allylic oxidation sites excluding steroid dienone is 1. The second-order valence-electron chi connectivity index (χ2n) is 7.89. The van der Waals surface area contributed by atoms with Gasteiger partial charge >= 0.3 is 0 Å². The molecule has 0 heteroatoms. The van der Waals surface area contributed by atoms with Crippen molar-refractivity contribution in [3.63, 3.8) is 0 Å². The highest BCUT2D eigenvalue weighted by Crippen LogP contribution is 2.43. The molecule has 0 nitrogen and oxygen atoms in total. The Kier molecular flexibility index (Phi) is 3.29. The van der Waals surface area contributed by atoms with Crippen LogP contribution in [0.25, 0.3) is 16.8 Å². The quantitative estimate of drug-likeness (QED) is 0.535. The van der Waals surface area contributed by atoms with Gasteiger partial charge in [-0.3, -0.25) is 0 Å². The van der Waals surface area contributed by atoms with E-state index in [0.717, 1.165) is 6.42 Å². The van der Waals surface area contributed by atoms with Crippen molar-refractivity contribution in [2.45, 2.75) is 61.8 Å². The molecule has 22 heavy (non-hydrogen) atoms. The smallest absolute Gasteiger partial charge is 0.0108 e. The maximum Gasteiger partial charge on any atom is -0.0108 e. The average molecular weight is 292 g/mol. The van der Waals surface area contributed by atoms with Gasteiger partial charge in [-0.2, -0.15) is 0 Å². The molecule has 0 aliphatic heterocycles. The molecule has 0 amide bonds. The molecular formula is C22H28. The molecule has 2 aromatic carbocycles. The first-order chi connectivity index (χ1) is 10.2. The number of aryl methyl sites for hydroxylation is 3. The summed E-state index contributed by atoms with van der Waals surface area (Å²) in [5, 5.41) is 3.03. The number of hydrogen-bond donors (Lipinski definition) is 0. The molecule has 0 N–H and O–H groups in total. The average Bonchev–Trinajstić information content (AvgIpc) is 2.45. The molecule has 1 aliphatic carbocycles. The van der Waals surface area contributed by atoms with Crippen molar-refractivity contribution in [3.05, 3.63) is 50.6 Å². The SMILES string of the molecule is Cc1c(C)c(C)c2c3c(c(C)c(C)c2c1C)C=CC(C)(C)C3. The number of hydrogen-bond acceptors (Lipinski definition) is 0. The number of benzene rings is 2. The molecule has 0 radical (unpaired) electrons. The van der Waals surface area contributed by atoms with Crippen molar-refractivity contribution in [3.8, 4) is 0 Å². The van der Waals surface area contributed by atoms with Crippen LogP contribution in [0.5, 0.6) is 0 Å². The molecule has 0 saturated heterocycles. The largest absolute Gasteiger partial charge is 0.0779 e. The first-order valence-electron chi connectivity index (χ1n) is 8.37. The van der Waals surface area contributed by atoms with E-state index >= 15 is 0 Å². The van der Waals surface area contributed by atoms with E-state index in [4.69, 9.17) is 0 Å². The van der Waals surface area contributed by atoms with E-state index in [1.807, 2.05) is 0 Å². The van der Waals surface area contributed by atoms with E-state index < -0.39 is 0 Å². The fourth-order valence-corrected chi connectivity index (χ4v) is 4.14. The van der Waals surface area contributed by atoms with Gasteiger partial charge in [-0.05, 0) is 109 Å². The van der Waals surface area contributed by atoms with E-state index in [1.54, 1.807) is 5.56 Å². The third-order valence-electron chi connectivity index (χ3n) is 5.99. The molecule has 1 aliphatic rings. The van der Waals surface area contributed by atoms with Gasteiger partial charge in [0.2, 0.25) is 0 Å². The maximum atomic E-state index is 2.39. The molecule has 0 bridgehead atoms. The lowest BCUT2D eigenvalue weighted by atomic mass is 9.73. The third kappa shape index (κ3) is 1.96. The second kappa shape index (κ2) is 4.72. The molecule has 0 fully saturated rings. The summed E-state index contributed by atoms with van der Waals surface area (Å²) in [5.41, 5.74) is 12.1. The Morgan fingerprint density at radius 1 is 0.682 bits per heavy atom. The predicted octanol–water partition coefficient (Wildman–Crippen LogP) is 6.29. The van der Waals surface area contributed by atoms with Gasteiger partial charge < -0.3 is 0 Å². The summed E-state index contributed by atoms with van der Waals surface area (Å²) in [4.78, 5) is 0. The highest BCUT2D eigenvalue weighted by Gasteiger charge is 2.26. The van der Waals surface area contributed by atoms with E-state index in [9.17, 15) is 0 Å². The molecule has 116 valence electrons. The van der Waals surface area contributed by atoms with Gasteiger partial charge in [0.1, 0.15) is 0 Å². The van der Waals surface area contributed by atoms with Gasteiger partial charge in [0.25, 0.3) is 0 Å². The fourth-order valence-electron chi connectivity index (χ4n) is 4.14. The summed E-state index contributed by atoms with van der Waals surface area (Å²) in [6.45, 7) is 18.4. The van der Waals surface area contributed by atoms with Gasteiger partial charge in [0.05, 0.1) is 0 Å². The number of rotatable bonds is 0. The molecule has 3 rings (SSSR count). The first-order valence-corrected chi connectivity index (χ1v) is 8.37. The van der Waals surface area contributed by atoms with Crippen molar-refractivity contribution < 1.29 is 0 Å². The predicted molar refractivity (Wildman–Crippen MR) is 98.9 cm³/mol. The standard InChI is InChI=1S/C22H28/c1-12-13(2)16(5)21-19-11-22(7,8)10-9-18(19)14(3)17(6)20(21)15(12)4/h9-10H,11H2,1-8H3. The van der Waals surface area contributed by atoms with Gasteiger partial charge in [0, 0.05) is 0 Å². The molecule has 0 spiro atoms. The Balaban J connectivity index is 2.59. The fraction of sp³-hybridized carbons (Fsp3) is 0.455. The van der Waals surface area contributed by atoms with Gasteiger partial charge in [-0.1, -0.05) is 26.0 Å². The van der Waals surface area contributed by atoms with E-state index in [1.165, 1.54) is 49.7 Å². The molecule has 0 aromatic heterocycles. The van der Waals surface area contributed by atoms with E-state index in [0.29, 0.717) is 0 Å². The normalized spacial score (nSPS) is 16.2. The van der Waals surface area contributed by atoms with Crippen LogP contribution in [0.4, 0.5) is 0 Å².